The first kappa shape index (κ1) is 12.9. The third-order valence-electron chi connectivity index (χ3n) is 2.81. The lowest BCUT2D eigenvalue weighted by Crippen LogP contribution is -2.14. The number of hydrogen-bond acceptors (Lipinski definition) is 4. The fraction of sp³-hybridized carbons (Fsp3) is 0.143. The zero-order chi connectivity index (χ0) is 14.0. The standard InChI is InChI=1S/C14H15N3O2/c1-8-4-3-5-11(12(8)18)14(19)17-13-9(2)6-10(15)7-16-13/h3-7,18H,15H2,1-2H3,(H,16,17,19). The Hall–Kier alpha value is -2.56. The number of nitrogen functional groups attached to an aromatic ring is 1. The van der Waals surface area contributed by atoms with E-state index in [4.69, 9.17) is 5.73 Å². The number of phenols is 1. The molecule has 0 atom stereocenters. The van der Waals surface area contributed by atoms with E-state index in [2.05, 4.69) is 10.3 Å². The first-order valence-corrected chi connectivity index (χ1v) is 5.81. The third-order valence-corrected chi connectivity index (χ3v) is 2.81. The van der Waals surface area contributed by atoms with Gasteiger partial charge in [0.15, 0.2) is 0 Å². The number of hydrogen-bond donors (Lipinski definition) is 3. The molecule has 0 aliphatic carbocycles. The number of nitrogens with one attached hydrogen (secondary N) is 1. The molecule has 0 saturated heterocycles. The summed E-state index contributed by atoms with van der Waals surface area (Å²) < 4.78 is 0. The molecule has 5 heteroatoms. The number of carbonyl (C=O) groups is 1. The number of aromatic hydroxyl groups is 1. The molecule has 2 aromatic rings. The van der Waals surface area contributed by atoms with Crippen LogP contribution in [-0.2, 0) is 0 Å². The van der Waals surface area contributed by atoms with Crippen LogP contribution in [0.1, 0.15) is 21.5 Å². The van der Waals surface area contributed by atoms with Gasteiger partial charge in [0.2, 0.25) is 0 Å². The Balaban J connectivity index is 2.28. The number of nitrogens with zero attached hydrogens (tertiary/aromatic N) is 1. The Labute approximate surface area is 111 Å². The number of rotatable bonds is 2. The molecular formula is C14H15N3O2. The lowest BCUT2D eigenvalue weighted by Gasteiger charge is -2.09. The first-order chi connectivity index (χ1) is 8.99. The molecule has 5 nitrogen and oxygen atoms in total. The third kappa shape index (κ3) is 2.65. The van der Waals surface area contributed by atoms with E-state index in [9.17, 15) is 9.90 Å². The van der Waals surface area contributed by atoms with Gasteiger partial charge in [0.05, 0.1) is 17.4 Å². The van der Waals surface area contributed by atoms with Gasteiger partial charge in [-0.2, -0.15) is 0 Å². The van der Waals surface area contributed by atoms with E-state index in [0.717, 1.165) is 5.56 Å². The summed E-state index contributed by atoms with van der Waals surface area (Å²) in [6.45, 7) is 3.54. The van der Waals surface area contributed by atoms with Crippen LogP contribution in [0, 0.1) is 13.8 Å². The van der Waals surface area contributed by atoms with Gasteiger partial charge in [-0.05, 0) is 37.1 Å². The van der Waals surface area contributed by atoms with Crippen LogP contribution >= 0.6 is 0 Å². The first-order valence-electron chi connectivity index (χ1n) is 5.81. The molecule has 0 bridgehead atoms. The van der Waals surface area contributed by atoms with Crippen molar-refractivity contribution in [2.75, 3.05) is 11.1 Å². The van der Waals surface area contributed by atoms with Crippen LogP contribution in [0.3, 0.4) is 0 Å². The predicted octanol–water partition coefficient (Wildman–Crippen LogP) is 2.24. The van der Waals surface area contributed by atoms with Crippen LogP contribution in [0.4, 0.5) is 11.5 Å². The molecule has 1 aromatic heterocycles. The van der Waals surface area contributed by atoms with Crippen molar-refractivity contribution in [2.45, 2.75) is 13.8 Å². The normalized spacial score (nSPS) is 10.2. The molecule has 0 radical (unpaired) electrons. The van der Waals surface area contributed by atoms with Gasteiger partial charge in [-0.15, -0.1) is 0 Å². The van der Waals surface area contributed by atoms with Crippen molar-refractivity contribution in [3.8, 4) is 5.75 Å². The van der Waals surface area contributed by atoms with Crippen molar-refractivity contribution in [2.24, 2.45) is 0 Å². The summed E-state index contributed by atoms with van der Waals surface area (Å²) in [5.74, 6) is 0.00905. The minimum atomic E-state index is -0.401. The zero-order valence-electron chi connectivity index (χ0n) is 10.8. The molecule has 0 aliphatic rings. The molecule has 0 fully saturated rings. The molecule has 2 rings (SSSR count). The molecule has 19 heavy (non-hydrogen) atoms. The van der Waals surface area contributed by atoms with Crippen molar-refractivity contribution in [3.63, 3.8) is 0 Å². The van der Waals surface area contributed by atoms with Gasteiger partial charge in [0.25, 0.3) is 5.91 Å². The summed E-state index contributed by atoms with van der Waals surface area (Å²) in [7, 11) is 0. The maximum absolute atomic E-state index is 12.1. The van der Waals surface area contributed by atoms with E-state index in [1.165, 1.54) is 6.20 Å². The van der Waals surface area contributed by atoms with Gasteiger partial charge >= 0.3 is 0 Å². The topological polar surface area (TPSA) is 88.2 Å². The van der Waals surface area contributed by atoms with Gasteiger partial charge in [-0.1, -0.05) is 12.1 Å². The number of anilines is 2. The van der Waals surface area contributed by atoms with Crippen molar-refractivity contribution >= 4 is 17.4 Å². The highest BCUT2D eigenvalue weighted by Crippen LogP contribution is 2.23. The monoisotopic (exact) mass is 257 g/mol. The number of carbonyl (C=O) groups excluding carboxylic acids is 1. The van der Waals surface area contributed by atoms with Crippen LogP contribution < -0.4 is 11.1 Å². The second-order valence-corrected chi connectivity index (χ2v) is 4.36. The minimum absolute atomic E-state index is 0.0203. The van der Waals surface area contributed by atoms with Gasteiger partial charge in [-0.3, -0.25) is 4.79 Å². The van der Waals surface area contributed by atoms with Crippen LogP contribution in [0.2, 0.25) is 0 Å². The lowest BCUT2D eigenvalue weighted by atomic mass is 10.1. The Morgan fingerprint density at radius 1 is 1.32 bits per heavy atom. The van der Waals surface area contributed by atoms with E-state index < -0.39 is 5.91 Å². The number of benzene rings is 1. The van der Waals surface area contributed by atoms with Gasteiger partial charge in [0, 0.05) is 0 Å². The highest BCUT2D eigenvalue weighted by Gasteiger charge is 2.14. The molecule has 1 aromatic carbocycles. The van der Waals surface area contributed by atoms with Crippen LogP contribution in [-0.4, -0.2) is 16.0 Å². The van der Waals surface area contributed by atoms with E-state index >= 15 is 0 Å². The molecule has 0 aliphatic heterocycles. The fourth-order valence-corrected chi connectivity index (χ4v) is 1.74. The summed E-state index contributed by atoms with van der Waals surface area (Å²) in [6, 6.07) is 6.73. The summed E-state index contributed by atoms with van der Waals surface area (Å²) in [6.07, 6.45) is 1.47. The maximum atomic E-state index is 12.1. The molecular weight excluding hydrogens is 242 g/mol. The second-order valence-electron chi connectivity index (χ2n) is 4.36. The highest BCUT2D eigenvalue weighted by atomic mass is 16.3. The number of amides is 1. The summed E-state index contributed by atoms with van der Waals surface area (Å²) in [5.41, 5.74) is 7.77. The van der Waals surface area contributed by atoms with Gasteiger partial charge in [0.1, 0.15) is 11.6 Å². The molecule has 1 heterocycles. The fourth-order valence-electron chi connectivity index (χ4n) is 1.74. The van der Waals surface area contributed by atoms with Crippen molar-refractivity contribution in [1.82, 2.24) is 4.98 Å². The van der Waals surface area contributed by atoms with Crippen molar-refractivity contribution in [3.05, 3.63) is 47.2 Å². The SMILES string of the molecule is Cc1cc(N)cnc1NC(=O)c1cccc(C)c1O. The quantitative estimate of drug-likeness (QED) is 0.769. The maximum Gasteiger partial charge on any atom is 0.260 e. The van der Waals surface area contributed by atoms with E-state index in [0.29, 0.717) is 17.1 Å². The summed E-state index contributed by atoms with van der Waals surface area (Å²) >= 11 is 0. The number of nitrogens with two attached hydrogens (primary N) is 1. The van der Waals surface area contributed by atoms with Crippen molar-refractivity contribution in [1.29, 1.82) is 0 Å². The number of para-hydroxylation sites is 1. The average molecular weight is 257 g/mol. The van der Waals surface area contributed by atoms with Crippen LogP contribution in [0.15, 0.2) is 30.5 Å². The van der Waals surface area contributed by atoms with Crippen molar-refractivity contribution < 1.29 is 9.90 Å². The smallest absolute Gasteiger partial charge is 0.260 e. The molecule has 0 unspecified atom stereocenters. The van der Waals surface area contributed by atoms with Gasteiger partial charge < -0.3 is 16.2 Å². The Bertz CT molecular complexity index is 639. The minimum Gasteiger partial charge on any atom is -0.507 e. The average Bonchev–Trinajstić information content (AvgIpc) is 2.36. The van der Waals surface area contributed by atoms with E-state index in [-0.39, 0.29) is 11.3 Å². The predicted molar refractivity (Wildman–Crippen MR) is 74.2 cm³/mol. The highest BCUT2D eigenvalue weighted by molar-refractivity contribution is 6.06. The lowest BCUT2D eigenvalue weighted by molar-refractivity contribution is 0.102. The number of aromatic nitrogens is 1. The molecule has 1 amide bonds. The molecule has 4 N–H and O–H groups in total. The summed E-state index contributed by atoms with van der Waals surface area (Å²) in [4.78, 5) is 16.1. The largest absolute Gasteiger partial charge is 0.507 e. The second kappa shape index (κ2) is 4.97. The van der Waals surface area contributed by atoms with E-state index in [1.54, 1.807) is 38.1 Å². The molecule has 98 valence electrons. The van der Waals surface area contributed by atoms with Crippen LogP contribution in [0.5, 0.6) is 5.75 Å². The van der Waals surface area contributed by atoms with Gasteiger partial charge in [-0.25, -0.2) is 4.98 Å². The van der Waals surface area contributed by atoms with Crippen LogP contribution in [0.25, 0.3) is 0 Å². The summed E-state index contributed by atoms with van der Waals surface area (Å²) in [5, 5.41) is 12.5. The van der Waals surface area contributed by atoms with E-state index in [1.807, 2.05) is 0 Å². The number of pyridine rings is 1. The Morgan fingerprint density at radius 3 is 2.74 bits per heavy atom. The number of aryl methyl sites for hydroxylation is 2. The number of phenolic OH excluding ortho intramolecular Hbond substituents is 1. The Morgan fingerprint density at radius 2 is 2.05 bits per heavy atom. The molecule has 0 spiro atoms. The molecule has 0 saturated carbocycles. The Kier molecular flexibility index (Phi) is 3.37. The zero-order valence-corrected chi connectivity index (χ0v) is 10.8.